The van der Waals surface area contributed by atoms with Gasteiger partial charge in [0.25, 0.3) is 5.91 Å². The molecular weight excluding hydrogens is 370 g/mol. The van der Waals surface area contributed by atoms with Crippen LogP contribution >= 0.6 is 11.6 Å². The van der Waals surface area contributed by atoms with Gasteiger partial charge >= 0.3 is 5.97 Å². The fraction of sp³-hybridized carbons (Fsp3) is 0.421. The van der Waals surface area contributed by atoms with Gasteiger partial charge in [-0.25, -0.2) is 4.68 Å². The minimum Gasteiger partial charge on any atom is -0.481 e. The molecule has 1 aromatic carbocycles. The first-order chi connectivity index (χ1) is 13.0. The van der Waals surface area contributed by atoms with Crippen LogP contribution in [0.25, 0.3) is 5.69 Å². The minimum atomic E-state index is -0.941. The number of para-hydroxylation sites is 1. The molecule has 1 amide bonds. The highest BCUT2D eigenvalue weighted by molar-refractivity contribution is 6.32. The van der Waals surface area contributed by atoms with Crippen molar-refractivity contribution in [2.45, 2.75) is 32.3 Å². The fourth-order valence-corrected chi connectivity index (χ4v) is 3.41. The molecule has 144 valence electrons. The molecule has 0 aliphatic carbocycles. The Morgan fingerprint density at radius 3 is 2.85 bits per heavy atom. The van der Waals surface area contributed by atoms with Gasteiger partial charge in [0.05, 0.1) is 40.7 Å². The Hall–Kier alpha value is -2.38. The van der Waals surface area contributed by atoms with E-state index in [2.05, 4.69) is 5.10 Å². The number of carboxylic acids is 1. The van der Waals surface area contributed by atoms with Gasteiger partial charge < -0.3 is 14.7 Å². The summed E-state index contributed by atoms with van der Waals surface area (Å²) in [4.78, 5) is 25.6. The number of aliphatic carboxylic acids is 1. The number of ether oxygens (including phenoxy) is 1. The van der Waals surface area contributed by atoms with Crippen molar-refractivity contribution in [2.75, 3.05) is 19.7 Å². The zero-order chi connectivity index (χ0) is 19.4. The van der Waals surface area contributed by atoms with Crippen LogP contribution in [0.3, 0.4) is 0 Å². The predicted molar refractivity (Wildman–Crippen MR) is 100 cm³/mol. The van der Waals surface area contributed by atoms with E-state index in [1.807, 2.05) is 18.2 Å². The third kappa shape index (κ3) is 4.48. The number of hydrogen-bond donors (Lipinski definition) is 1. The van der Waals surface area contributed by atoms with Gasteiger partial charge in [-0.3, -0.25) is 9.59 Å². The molecule has 1 fully saturated rings. The van der Waals surface area contributed by atoms with Crippen LogP contribution in [0, 0.1) is 6.92 Å². The van der Waals surface area contributed by atoms with E-state index in [0.717, 1.165) is 12.8 Å². The minimum absolute atomic E-state index is 0.0540. The molecule has 1 atom stereocenters. The van der Waals surface area contributed by atoms with Gasteiger partial charge in [0.2, 0.25) is 0 Å². The molecule has 3 rings (SSSR count). The van der Waals surface area contributed by atoms with Gasteiger partial charge in [-0.15, -0.1) is 0 Å². The molecule has 1 aliphatic rings. The van der Waals surface area contributed by atoms with Crippen molar-refractivity contribution in [3.8, 4) is 5.69 Å². The van der Waals surface area contributed by atoms with Crippen LogP contribution in [0.15, 0.2) is 30.5 Å². The quantitative estimate of drug-likeness (QED) is 0.784. The summed E-state index contributed by atoms with van der Waals surface area (Å²) in [7, 11) is 0. The van der Waals surface area contributed by atoms with Crippen molar-refractivity contribution >= 4 is 23.5 Å². The molecule has 0 spiro atoms. The van der Waals surface area contributed by atoms with Crippen molar-refractivity contribution in [1.29, 1.82) is 0 Å². The smallest absolute Gasteiger partial charge is 0.305 e. The second kappa shape index (κ2) is 8.54. The molecule has 1 unspecified atom stereocenters. The lowest BCUT2D eigenvalue weighted by Gasteiger charge is -2.25. The van der Waals surface area contributed by atoms with E-state index < -0.39 is 5.97 Å². The Balaban J connectivity index is 1.84. The molecule has 1 saturated heterocycles. The molecule has 0 bridgehead atoms. The summed E-state index contributed by atoms with van der Waals surface area (Å²) >= 11 is 6.24. The molecule has 1 aliphatic heterocycles. The third-order valence-electron chi connectivity index (χ3n) is 4.65. The van der Waals surface area contributed by atoms with E-state index in [1.54, 1.807) is 22.6 Å². The maximum atomic E-state index is 13.1. The van der Waals surface area contributed by atoms with Crippen molar-refractivity contribution in [1.82, 2.24) is 14.7 Å². The molecule has 2 heterocycles. The monoisotopic (exact) mass is 391 g/mol. The van der Waals surface area contributed by atoms with E-state index in [-0.39, 0.29) is 25.0 Å². The molecular formula is C19H22ClN3O4. The largest absolute Gasteiger partial charge is 0.481 e. The van der Waals surface area contributed by atoms with E-state index >= 15 is 0 Å². The topological polar surface area (TPSA) is 84.7 Å². The highest BCUT2D eigenvalue weighted by Crippen LogP contribution is 2.23. The summed E-state index contributed by atoms with van der Waals surface area (Å²) in [5.74, 6) is -1.19. The standard InChI is InChI=1S/C19H22ClN3O4/c1-13-15(11-21-23(13)17-7-3-2-6-16(17)20)19(26)22(9-8-18(24)25)12-14-5-4-10-27-14/h2-3,6-7,11,14H,4-5,8-10,12H2,1H3,(H,24,25). The molecule has 0 saturated carbocycles. The van der Waals surface area contributed by atoms with Crippen LogP contribution in [0.1, 0.15) is 35.3 Å². The third-order valence-corrected chi connectivity index (χ3v) is 4.97. The number of carboxylic acid groups (broad SMARTS) is 1. The number of rotatable bonds is 7. The molecule has 27 heavy (non-hydrogen) atoms. The summed E-state index contributed by atoms with van der Waals surface area (Å²) < 4.78 is 7.24. The van der Waals surface area contributed by atoms with Gasteiger partial charge in [-0.2, -0.15) is 5.10 Å². The average molecular weight is 392 g/mol. The van der Waals surface area contributed by atoms with Crippen LogP contribution < -0.4 is 0 Å². The van der Waals surface area contributed by atoms with Crippen LogP contribution in [0.5, 0.6) is 0 Å². The maximum Gasteiger partial charge on any atom is 0.305 e. The van der Waals surface area contributed by atoms with E-state index in [9.17, 15) is 9.59 Å². The second-order valence-corrected chi connectivity index (χ2v) is 6.94. The van der Waals surface area contributed by atoms with Crippen molar-refractivity contribution < 1.29 is 19.4 Å². The average Bonchev–Trinajstić information content (AvgIpc) is 3.28. The van der Waals surface area contributed by atoms with Crippen molar-refractivity contribution in [3.05, 3.63) is 46.7 Å². The Labute approximate surface area is 162 Å². The van der Waals surface area contributed by atoms with Crippen molar-refractivity contribution in [2.24, 2.45) is 0 Å². The lowest BCUT2D eigenvalue weighted by molar-refractivity contribution is -0.137. The highest BCUT2D eigenvalue weighted by atomic mass is 35.5. The normalized spacial score (nSPS) is 16.4. The summed E-state index contributed by atoms with van der Waals surface area (Å²) in [5, 5.41) is 13.9. The number of benzene rings is 1. The van der Waals surface area contributed by atoms with Gasteiger partial charge in [0.15, 0.2) is 0 Å². The molecule has 7 nitrogen and oxygen atoms in total. The summed E-state index contributed by atoms with van der Waals surface area (Å²) in [6.07, 6.45) is 3.16. The summed E-state index contributed by atoms with van der Waals surface area (Å²) in [6, 6.07) is 7.26. The SMILES string of the molecule is Cc1c(C(=O)N(CCC(=O)O)CC2CCCO2)cnn1-c1ccccc1Cl. The lowest BCUT2D eigenvalue weighted by atomic mass is 10.1. The number of carbonyl (C=O) groups excluding carboxylic acids is 1. The summed E-state index contributed by atoms with van der Waals surface area (Å²) in [6.45, 7) is 2.98. The predicted octanol–water partition coefficient (Wildman–Crippen LogP) is 2.93. The Bertz CT molecular complexity index is 830. The van der Waals surface area contributed by atoms with Crippen LogP contribution in [-0.2, 0) is 9.53 Å². The van der Waals surface area contributed by atoms with Gasteiger partial charge in [-0.1, -0.05) is 23.7 Å². The fourth-order valence-electron chi connectivity index (χ4n) is 3.20. The molecule has 8 heteroatoms. The Morgan fingerprint density at radius 1 is 1.41 bits per heavy atom. The highest BCUT2D eigenvalue weighted by Gasteiger charge is 2.26. The Morgan fingerprint density at radius 2 is 2.19 bits per heavy atom. The number of nitrogens with zero attached hydrogens (tertiary/aromatic N) is 3. The van der Waals surface area contributed by atoms with Crippen molar-refractivity contribution in [3.63, 3.8) is 0 Å². The van der Waals surface area contributed by atoms with Crippen LogP contribution in [0.4, 0.5) is 0 Å². The van der Waals surface area contributed by atoms with Crippen LogP contribution in [0.2, 0.25) is 5.02 Å². The van der Waals surface area contributed by atoms with Gasteiger partial charge in [0.1, 0.15) is 0 Å². The first kappa shape index (κ1) is 19.4. The lowest BCUT2D eigenvalue weighted by Crippen LogP contribution is -2.39. The second-order valence-electron chi connectivity index (χ2n) is 6.54. The number of carbonyl (C=O) groups is 2. The molecule has 1 N–H and O–H groups in total. The molecule has 0 radical (unpaired) electrons. The maximum absolute atomic E-state index is 13.1. The first-order valence-corrected chi connectivity index (χ1v) is 9.27. The van der Waals surface area contributed by atoms with E-state index in [1.165, 1.54) is 6.20 Å². The van der Waals surface area contributed by atoms with Gasteiger partial charge in [-0.05, 0) is 31.9 Å². The zero-order valence-corrected chi connectivity index (χ0v) is 15.9. The zero-order valence-electron chi connectivity index (χ0n) is 15.1. The summed E-state index contributed by atoms with van der Waals surface area (Å²) in [5.41, 5.74) is 1.77. The number of amides is 1. The Kier molecular flexibility index (Phi) is 6.13. The first-order valence-electron chi connectivity index (χ1n) is 8.89. The van der Waals surface area contributed by atoms with E-state index in [0.29, 0.717) is 35.1 Å². The number of hydrogen-bond acceptors (Lipinski definition) is 4. The van der Waals surface area contributed by atoms with Gasteiger partial charge in [0, 0.05) is 19.7 Å². The van der Waals surface area contributed by atoms with Crippen LogP contribution in [-0.4, -0.2) is 57.5 Å². The molecule has 1 aromatic heterocycles. The number of aromatic nitrogens is 2. The van der Waals surface area contributed by atoms with E-state index in [4.69, 9.17) is 21.4 Å². The molecule has 2 aromatic rings. The number of halogens is 1.